The molecule has 0 bridgehead atoms. The highest BCUT2D eigenvalue weighted by Crippen LogP contribution is 2.42. The van der Waals surface area contributed by atoms with Gasteiger partial charge in [-0.05, 0) is 12.1 Å². The molecular weight excluding hydrogens is 382 g/mol. The summed E-state index contributed by atoms with van der Waals surface area (Å²) in [4.78, 5) is 20.9. The molecule has 1 saturated heterocycles. The van der Waals surface area contributed by atoms with E-state index in [-0.39, 0.29) is 12.0 Å². The Bertz CT molecular complexity index is 1030. The summed E-state index contributed by atoms with van der Waals surface area (Å²) in [6.07, 6.45) is 1.29. The summed E-state index contributed by atoms with van der Waals surface area (Å²) in [5.74, 6) is 0.334. The summed E-state index contributed by atoms with van der Waals surface area (Å²) in [6.45, 7) is 1.59. The predicted octanol–water partition coefficient (Wildman–Crippen LogP) is 2.56. The number of fused-ring (bicyclic) bond motifs is 1. The van der Waals surface area contributed by atoms with E-state index in [1.165, 1.54) is 24.6 Å². The van der Waals surface area contributed by atoms with Gasteiger partial charge in [-0.25, -0.2) is 9.97 Å². The van der Waals surface area contributed by atoms with E-state index < -0.39 is 5.91 Å². The second-order valence-electron chi connectivity index (χ2n) is 6.10. The number of pyridine rings is 1. The standard InChI is InChI=1S/C19H19N3O5S/c1-24-12-4-3-10(13-9-26-7-8-27-13)16-15(12)22-19(28-16)14-11(17(20)23)5-6-21-18(14)25-2/h3-6,13H,7-9H2,1-2H3,(H2,20,23). The molecule has 0 spiro atoms. The number of nitrogens with zero attached hydrogens (tertiary/aromatic N) is 2. The molecule has 146 valence electrons. The van der Waals surface area contributed by atoms with E-state index in [0.29, 0.717) is 47.2 Å². The average molecular weight is 401 g/mol. The average Bonchev–Trinajstić information content (AvgIpc) is 3.18. The van der Waals surface area contributed by atoms with Crippen LogP contribution in [0.25, 0.3) is 20.8 Å². The second-order valence-corrected chi connectivity index (χ2v) is 7.09. The Morgan fingerprint density at radius 3 is 2.79 bits per heavy atom. The van der Waals surface area contributed by atoms with Crippen molar-refractivity contribution in [3.8, 4) is 22.2 Å². The van der Waals surface area contributed by atoms with Crippen LogP contribution in [0.15, 0.2) is 24.4 Å². The van der Waals surface area contributed by atoms with Crippen LogP contribution in [0.1, 0.15) is 22.0 Å². The first-order chi connectivity index (χ1) is 13.6. The fourth-order valence-corrected chi connectivity index (χ4v) is 4.39. The number of amides is 1. The molecule has 0 radical (unpaired) electrons. The molecule has 8 nitrogen and oxygen atoms in total. The van der Waals surface area contributed by atoms with Crippen molar-refractivity contribution in [2.24, 2.45) is 5.73 Å². The Labute approximate surface area is 165 Å². The van der Waals surface area contributed by atoms with Crippen LogP contribution < -0.4 is 15.2 Å². The number of benzene rings is 1. The van der Waals surface area contributed by atoms with Crippen molar-refractivity contribution in [1.82, 2.24) is 9.97 Å². The number of thiazole rings is 1. The second kappa shape index (κ2) is 7.70. The van der Waals surface area contributed by atoms with E-state index in [2.05, 4.69) is 4.98 Å². The van der Waals surface area contributed by atoms with Crippen molar-refractivity contribution < 1.29 is 23.7 Å². The molecule has 2 N–H and O–H groups in total. The van der Waals surface area contributed by atoms with E-state index in [0.717, 1.165) is 10.3 Å². The molecule has 1 aromatic carbocycles. The number of carbonyl (C=O) groups is 1. The van der Waals surface area contributed by atoms with E-state index in [9.17, 15) is 4.79 Å². The van der Waals surface area contributed by atoms with Crippen molar-refractivity contribution in [3.63, 3.8) is 0 Å². The third kappa shape index (κ3) is 3.17. The summed E-state index contributed by atoms with van der Waals surface area (Å²) in [6, 6.07) is 5.37. The number of ether oxygens (including phenoxy) is 4. The maximum absolute atomic E-state index is 12.0. The minimum Gasteiger partial charge on any atom is -0.494 e. The fourth-order valence-electron chi connectivity index (χ4n) is 3.20. The van der Waals surface area contributed by atoms with Crippen molar-refractivity contribution in [3.05, 3.63) is 35.5 Å². The van der Waals surface area contributed by atoms with Crippen LogP contribution >= 0.6 is 11.3 Å². The summed E-state index contributed by atoms with van der Waals surface area (Å²) < 4.78 is 23.2. The van der Waals surface area contributed by atoms with Gasteiger partial charge in [0, 0.05) is 11.8 Å². The zero-order chi connectivity index (χ0) is 19.7. The van der Waals surface area contributed by atoms with E-state index >= 15 is 0 Å². The van der Waals surface area contributed by atoms with Crippen molar-refractivity contribution in [2.75, 3.05) is 34.0 Å². The highest BCUT2D eigenvalue weighted by molar-refractivity contribution is 7.22. The number of rotatable bonds is 5. The van der Waals surface area contributed by atoms with Crippen molar-refractivity contribution in [2.45, 2.75) is 6.10 Å². The number of hydrogen-bond donors (Lipinski definition) is 1. The first-order valence-electron chi connectivity index (χ1n) is 8.64. The molecule has 9 heteroatoms. The molecule has 3 heterocycles. The Hall–Kier alpha value is -2.75. The Kier molecular flexibility index (Phi) is 5.12. The van der Waals surface area contributed by atoms with Crippen LogP contribution in [0.3, 0.4) is 0 Å². The molecule has 1 unspecified atom stereocenters. The van der Waals surface area contributed by atoms with Crippen LogP contribution in [0.2, 0.25) is 0 Å². The van der Waals surface area contributed by atoms with Gasteiger partial charge < -0.3 is 24.7 Å². The number of aromatic nitrogens is 2. The molecule has 0 saturated carbocycles. The van der Waals surface area contributed by atoms with E-state index in [1.54, 1.807) is 13.2 Å². The van der Waals surface area contributed by atoms with Gasteiger partial charge >= 0.3 is 0 Å². The smallest absolute Gasteiger partial charge is 0.249 e. The van der Waals surface area contributed by atoms with Gasteiger partial charge in [-0.15, -0.1) is 11.3 Å². The van der Waals surface area contributed by atoms with Gasteiger partial charge in [0.1, 0.15) is 22.4 Å². The monoisotopic (exact) mass is 401 g/mol. The highest BCUT2D eigenvalue weighted by atomic mass is 32.1. The minimum atomic E-state index is -0.578. The van der Waals surface area contributed by atoms with Gasteiger partial charge in [0.25, 0.3) is 0 Å². The van der Waals surface area contributed by atoms with Crippen LogP contribution in [-0.2, 0) is 9.47 Å². The Balaban J connectivity index is 1.94. The van der Waals surface area contributed by atoms with Gasteiger partial charge in [0.05, 0.1) is 49.9 Å². The number of hydrogen-bond acceptors (Lipinski definition) is 8. The number of methoxy groups -OCH3 is 2. The maximum Gasteiger partial charge on any atom is 0.249 e. The molecular formula is C19H19N3O5S. The predicted molar refractivity (Wildman–Crippen MR) is 104 cm³/mol. The number of nitrogens with two attached hydrogens (primary N) is 1. The highest BCUT2D eigenvalue weighted by Gasteiger charge is 2.25. The molecule has 2 aromatic heterocycles. The maximum atomic E-state index is 12.0. The molecule has 4 rings (SSSR count). The molecule has 1 fully saturated rings. The molecule has 0 aliphatic carbocycles. The molecule has 1 atom stereocenters. The largest absolute Gasteiger partial charge is 0.494 e. The van der Waals surface area contributed by atoms with E-state index in [1.807, 2.05) is 12.1 Å². The Morgan fingerprint density at radius 1 is 1.25 bits per heavy atom. The molecule has 28 heavy (non-hydrogen) atoms. The Morgan fingerprint density at radius 2 is 2.11 bits per heavy atom. The zero-order valence-corrected chi connectivity index (χ0v) is 16.2. The first-order valence-corrected chi connectivity index (χ1v) is 9.45. The topological polar surface area (TPSA) is 106 Å². The van der Waals surface area contributed by atoms with Gasteiger partial charge in [-0.1, -0.05) is 6.07 Å². The lowest BCUT2D eigenvalue weighted by atomic mass is 10.1. The van der Waals surface area contributed by atoms with Crippen LogP contribution in [0.5, 0.6) is 11.6 Å². The summed E-state index contributed by atoms with van der Waals surface area (Å²) in [5.41, 5.74) is 7.96. The lowest BCUT2D eigenvalue weighted by Gasteiger charge is -2.23. The molecule has 3 aromatic rings. The SMILES string of the molecule is COc1nccc(C(N)=O)c1-c1nc2c(OC)ccc(C3COCCO3)c2s1. The third-order valence-electron chi connectivity index (χ3n) is 4.51. The normalized spacial score (nSPS) is 16.9. The lowest BCUT2D eigenvalue weighted by molar-refractivity contribution is -0.0895. The van der Waals surface area contributed by atoms with Gasteiger partial charge in [0.2, 0.25) is 11.8 Å². The van der Waals surface area contributed by atoms with E-state index in [4.69, 9.17) is 29.7 Å². The molecule has 1 aliphatic rings. The number of primary amides is 1. The quantitative estimate of drug-likeness (QED) is 0.700. The molecule has 1 amide bonds. The summed E-state index contributed by atoms with van der Waals surface area (Å²) in [5, 5.41) is 0.566. The lowest BCUT2D eigenvalue weighted by Crippen LogP contribution is -2.21. The molecule has 1 aliphatic heterocycles. The number of carbonyl (C=O) groups excluding carboxylic acids is 1. The first kappa shape index (κ1) is 18.6. The van der Waals surface area contributed by atoms with Crippen LogP contribution in [0, 0.1) is 0 Å². The van der Waals surface area contributed by atoms with Crippen molar-refractivity contribution >= 4 is 27.5 Å². The van der Waals surface area contributed by atoms with Crippen LogP contribution in [-0.4, -0.2) is 49.9 Å². The minimum absolute atomic E-state index is 0.193. The summed E-state index contributed by atoms with van der Waals surface area (Å²) >= 11 is 1.41. The van der Waals surface area contributed by atoms with Gasteiger partial charge in [0.15, 0.2) is 0 Å². The fraction of sp³-hybridized carbons (Fsp3) is 0.316. The zero-order valence-electron chi connectivity index (χ0n) is 15.4. The van der Waals surface area contributed by atoms with Gasteiger partial charge in [-0.3, -0.25) is 4.79 Å². The third-order valence-corrected chi connectivity index (χ3v) is 5.63. The van der Waals surface area contributed by atoms with Crippen molar-refractivity contribution in [1.29, 1.82) is 0 Å². The van der Waals surface area contributed by atoms with Gasteiger partial charge in [-0.2, -0.15) is 0 Å². The summed E-state index contributed by atoms with van der Waals surface area (Å²) in [7, 11) is 3.08. The van der Waals surface area contributed by atoms with Crippen LogP contribution in [0.4, 0.5) is 0 Å².